The van der Waals surface area contributed by atoms with E-state index in [1.54, 1.807) is 0 Å². The van der Waals surface area contributed by atoms with Crippen molar-refractivity contribution in [2.75, 3.05) is 13.6 Å². The van der Waals surface area contributed by atoms with E-state index in [1.165, 1.54) is 21.8 Å². The number of H-pyrrole nitrogens is 1. The summed E-state index contributed by atoms with van der Waals surface area (Å²) in [4.78, 5) is 37.3. The molecule has 1 fully saturated rings. The molecule has 0 saturated heterocycles. The fraction of sp³-hybridized carbons (Fsp3) is 0.542. The zero-order valence-electron chi connectivity index (χ0n) is 18.8. The summed E-state index contributed by atoms with van der Waals surface area (Å²) in [5.74, 6) is -0.210. The number of hydrogen-bond acceptors (Lipinski definition) is 5. The number of carbonyl (C=O) groups is 2. The Labute approximate surface area is 192 Å². The predicted octanol–water partition coefficient (Wildman–Crippen LogP) is 3.28. The highest BCUT2D eigenvalue weighted by atomic mass is 32.1. The molecule has 0 radical (unpaired) electrons. The fourth-order valence-corrected chi connectivity index (χ4v) is 6.10. The van der Waals surface area contributed by atoms with Crippen molar-refractivity contribution >= 4 is 29.2 Å². The summed E-state index contributed by atoms with van der Waals surface area (Å²) in [5.41, 5.74) is 5.26. The highest BCUT2D eigenvalue weighted by molar-refractivity contribution is 7.13. The van der Waals surface area contributed by atoms with Crippen molar-refractivity contribution in [3.05, 3.63) is 44.2 Å². The van der Waals surface area contributed by atoms with E-state index in [2.05, 4.69) is 45.5 Å². The summed E-state index contributed by atoms with van der Waals surface area (Å²) in [6.45, 7) is 3.96. The molecule has 8 heteroatoms. The summed E-state index contributed by atoms with van der Waals surface area (Å²) in [6.07, 6.45) is 8.87. The third-order valence-electron chi connectivity index (χ3n) is 6.87. The van der Waals surface area contributed by atoms with Crippen LogP contribution in [0.15, 0.2) is 11.6 Å². The Balaban J connectivity index is 1.25. The van der Waals surface area contributed by atoms with Crippen LogP contribution in [0, 0.1) is 0 Å². The molecule has 3 heterocycles. The summed E-state index contributed by atoms with van der Waals surface area (Å²) in [7, 11) is 2.09. The van der Waals surface area contributed by atoms with Crippen molar-refractivity contribution in [2.45, 2.75) is 70.5 Å². The normalized spacial score (nSPS) is 23.1. The maximum atomic E-state index is 13.0. The Hall–Kier alpha value is -2.45. The number of rotatable bonds is 4. The first-order valence-corrected chi connectivity index (χ1v) is 12.5. The maximum Gasteiger partial charge on any atom is 0.280 e. The minimum Gasteiger partial charge on any atom is -0.354 e. The average Bonchev–Trinajstić information content (AvgIpc) is 3.38. The van der Waals surface area contributed by atoms with E-state index in [0.29, 0.717) is 10.7 Å². The number of nitrogens with one attached hydrogen (secondary N) is 3. The zero-order chi connectivity index (χ0) is 22.2. The third kappa shape index (κ3) is 4.38. The highest BCUT2D eigenvalue weighted by Crippen LogP contribution is 2.27. The van der Waals surface area contributed by atoms with Crippen LogP contribution in [-0.4, -0.2) is 52.4 Å². The topological polar surface area (TPSA) is 90.1 Å². The lowest BCUT2D eigenvalue weighted by Gasteiger charge is -2.32. The van der Waals surface area contributed by atoms with Gasteiger partial charge in [0.25, 0.3) is 11.8 Å². The first-order chi connectivity index (χ1) is 15.5. The van der Waals surface area contributed by atoms with Gasteiger partial charge in [-0.2, -0.15) is 0 Å². The van der Waals surface area contributed by atoms with Gasteiger partial charge in [0, 0.05) is 42.2 Å². The smallest absolute Gasteiger partial charge is 0.280 e. The van der Waals surface area contributed by atoms with Crippen LogP contribution in [0.3, 0.4) is 0 Å². The van der Waals surface area contributed by atoms with Gasteiger partial charge in [-0.1, -0.05) is 24.5 Å². The number of aromatic amines is 1. The van der Waals surface area contributed by atoms with Crippen LogP contribution in [0.5, 0.6) is 0 Å². The number of thiazole rings is 1. The molecule has 2 amide bonds. The lowest BCUT2D eigenvalue weighted by atomic mass is 9.90. The van der Waals surface area contributed by atoms with Gasteiger partial charge in [0.15, 0.2) is 5.01 Å². The summed E-state index contributed by atoms with van der Waals surface area (Å²) in [6, 6.07) is 1.80. The van der Waals surface area contributed by atoms with E-state index < -0.39 is 0 Å². The lowest BCUT2D eigenvalue weighted by molar-refractivity contribution is 0.0860. The fourth-order valence-electron chi connectivity index (χ4n) is 5.00. The largest absolute Gasteiger partial charge is 0.354 e. The standard InChI is InChI=1S/C24H31N5O2S/c1-14-7-8-16-15(11-14)12-20(25-16)22(30)26-17-5-3-4-6-18(17)27-23(31)24-28-19-9-10-29(2)13-21(19)32-24/h11-12,17-18,25H,3-10,13H2,1-2H3,(H,26,30)(H,27,31)/t17-,18+/m0/s1. The number of nitrogens with zero attached hydrogens (tertiary/aromatic N) is 2. The molecule has 2 atom stereocenters. The molecule has 0 spiro atoms. The van der Waals surface area contributed by atoms with Crippen molar-refractivity contribution in [3.63, 3.8) is 0 Å². The predicted molar refractivity (Wildman–Crippen MR) is 126 cm³/mol. The third-order valence-corrected chi connectivity index (χ3v) is 7.95. The first-order valence-electron chi connectivity index (χ1n) is 11.6. The molecule has 3 N–H and O–H groups in total. The van der Waals surface area contributed by atoms with Crippen LogP contribution < -0.4 is 10.6 Å². The van der Waals surface area contributed by atoms with E-state index >= 15 is 0 Å². The van der Waals surface area contributed by atoms with Crippen LogP contribution in [0.4, 0.5) is 0 Å². The van der Waals surface area contributed by atoms with Crippen molar-refractivity contribution in [1.82, 2.24) is 25.5 Å². The van der Waals surface area contributed by atoms with Gasteiger partial charge in [0.05, 0.1) is 5.69 Å². The Morgan fingerprint density at radius 3 is 2.66 bits per heavy atom. The molecule has 2 aromatic rings. The highest BCUT2D eigenvalue weighted by Gasteiger charge is 2.30. The molecular weight excluding hydrogens is 422 g/mol. The van der Waals surface area contributed by atoms with Crippen molar-refractivity contribution in [3.8, 4) is 0 Å². The SMILES string of the molecule is CC1=Cc2cc(C(=O)N[C@H]3CCCC[C@H]3NC(=O)c3nc4c(s3)CN(C)CC4)[nH]c2CC1. The Bertz CT molecular complexity index is 1070. The first kappa shape index (κ1) is 21.4. The molecule has 2 aromatic heterocycles. The maximum absolute atomic E-state index is 13.0. The van der Waals surface area contributed by atoms with Gasteiger partial charge < -0.3 is 20.5 Å². The quantitative estimate of drug-likeness (QED) is 0.663. The second kappa shape index (κ2) is 8.83. The van der Waals surface area contributed by atoms with Gasteiger partial charge in [-0.3, -0.25) is 9.59 Å². The Morgan fingerprint density at radius 1 is 1.12 bits per heavy atom. The molecule has 0 aromatic carbocycles. The van der Waals surface area contributed by atoms with Gasteiger partial charge in [-0.05, 0) is 51.3 Å². The average molecular weight is 454 g/mol. The minimum absolute atomic E-state index is 0.0708. The number of amides is 2. The monoisotopic (exact) mass is 453 g/mol. The van der Waals surface area contributed by atoms with Gasteiger partial charge in [0.1, 0.15) is 5.69 Å². The van der Waals surface area contributed by atoms with Gasteiger partial charge >= 0.3 is 0 Å². The summed E-state index contributed by atoms with van der Waals surface area (Å²) >= 11 is 1.50. The van der Waals surface area contributed by atoms with Crippen molar-refractivity contribution in [2.24, 2.45) is 0 Å². The van der Waals surface area contributed by atoms with Crippen LogP contribution >= 0.6 is 11.3 Å². The van der Waals surface area contributed by atoms with E-state index in [-0.39, 0.29) is 23.9 Å². The number of likely N-dealkylation sites (N-methyl/N-ethyl adjacent to an activating group) is 1. The van der Waals surface area contributed by atoms with Crippen LogP contribution in [0.25, 0.3) is 6.08 Å². The van der Waals surface area contributed by atoms with E-state index in [1.807, 2.05) is 6.07 Å². The Kier molecular flexibility index (Phi) is 5.90. The molecular formula is C24H31N5O2S. The number of allylic oxidation sites excluding steroid dienone is 1. The van der Waals surface area contributed by atoms with Gasteiger partial charge in [-0.15, -0.1) is 11.3 Å². The zero-order valence-corrected chi connectivity index (χ0v) is 19.6. The molecule has 170 valence electrons. The number of fused-ring (bicyclic) bond motifs is 2. The van der Waals surface area contributed by atoms with Crippen molar-refractivity contribution in [1.29, 1.82) is 0 Å². The van der Waals surface area contributed by atoms with Crippen LogP contribution in [0.1, 0.15) is 81.1 Å². The molecule has 0 unspecified atom stereocenters. The number of carbonyl (C=O) groups excluding carboxylic acids is 2. The second-order valence-corrected chi connectivity index (χ2v) is 10.5. The van der Waals surface area contributed by atoms with Crippen LogP contribution in [-0.2, 0) is 19.4 Å². The van der Waals surface area contributed by atoms with Gasteiger partial charge in [0.2, 0.25) is 0 Å². The van der Waals surface area contributed by atoms with Crippen LogP contribution in [0.2, 0.25) is 0 Å². The summed E-state index contributed by atoms with van der Waals surface area (Å²) < 4.78 is 0. The van der Waals surface area contributed by atoms with Gasteiger partial charge in [-0.25, -0.2) is 4.98 Å². The van der Waals surface area contributed by atoms with E-state index in [4.69, 9.17) is 0 Å². The number of aryl methyl sites for hydroxylation is 1. The minimum atomic E-state index is -0.117. The molecule has 32 heavy (non-hydrogen) atoms. The molecule has 5 rings (SSSR count). The molecule has 3 aliphatic rings. The number of aromatic nitrogens is 2. The summed E-state index contributed by atoms with van der Waals surface area (Å²) in [5, 5.41) is 6.91. The van der Waals surface area contributed by atoms with E-state index in [9.17, 15) is 9.59 Å². The molecule has 1 aliphatic heterocycles. The second-order valence-electron chi connectivity index (χ2n) is 9.43. The Morgan fingerprint density at radius 2 is 1.88 bits per heavy atom. The van der Waals surface area contributed by atoms with E-state index in [0.717, 1.165) is 75.0 Å². The van der Waals surface area contributed by atoms with Crippen molar-refractivity contribution < 1.29 is 9.59 Å². The molecule has 7 nitrogen and oxygen atoms in total. The molecule has 1 saturated carbocycles. The molecule has 0 bridgehead atoms. The molecule has 2 aliphatic carbocycles. The number of hydrogen-bond donors (Lipinski definition) is 3. The lowest BCUT2D eigenvalue weighted by Crippen LogP contribution is -2.53.